The van der Waals surface area contributed by atoms with Crippen LogP contribution in [0.3, 0.4) is 0 Å². The van der Waals surface area contributed by atoms with Crippen LogP contribution < -0.4 is 0 Å². The summed E-state index contributed by atoms with van der Waals surface area (Å²) in [7, 11) is 0. The molecule has 0 radical (unpaired) electrons. The summed E-state index contributed by atoms with van der Waals surface area (Å²) in [6.45, 7) is 2.18. The minimum absolute atomic E-state index is 0.392. The van der Waals surface area contributed by atoms with Gasteiger partial charge in [-0.05, 0) is 90.1 Å². The Morgan fingerprint density at radius 3 is 1.94 bits per heavy atom. The van der Waals surface area contributed by atoms with Crippen molar-refractivity contribution < 1.29 is 0 Å². The SMILES string of the molecule is C/C(=C(\Br)C#N)C12CC3CC(CC(C3)C1)C2. The standard InChI is InChI=1S/C14H18BrN/c1-9(13(15)8-16)14-5-10-2-11(6-14)4-12(3-10)7-14/h10-12H,2-7H2,1H3/b13-9+. The number of rotatable bonds is 1. The first kappa shape index (κ1) is 10.8. The maximum atomic E-state index is 9.05. The molecule has 0 amide bonds. The number of hydrogen-bond donors (Lipinski definition) is 0. The zero-order valence-electron chi connectivity index (χ0n) is 9.80. The van der Waals surface area contributed by atoms with Crippen molar-refractivity contribution in [3.05, 3.63) is 10.1 Å². The highest BCUT2D eigenvalue weighted by atomic mass is 79.9. The third-order valence-electron chi connectivity index (χ3n) is 5.26. The van der Waals surface area contributed by atoms with Gasteiger partial charge in [0.05, 0.1) is 4.48 Å². The van der Waals surface area contributed by atoms with Gasteiger partial charge >= 0.3 is 0 Å². The second kappa shape index (κ2) is 3.60. The lowest BCUT2D eigenvalue weighted by atomic mass is 9.48. The quantitative estimate of drug-likeness (QED) is 0.653. The largest absolute Gasteiger partial charge is 0.192 e. The van der Waals surface area contributed by atoms with Crippen LogP contribution in [0.25, 0.3) is 0 Å². The van der Waals surface area contributed by atoms with Gasteiger partial charge in [0.1, 0.15) is 6.07 Å². The lowest BCUT2D eigenvalue weighted by Gasteiger charge is -2.57. The van der Waals surface area contributed by atoms with Gasteiger partial charge in [-0.25, -0.2) is 0 Å². The van der Waals surface area contributed by atoms with Gasteiger partial charge in [0.2, 0.25) is 0 Å². The number of nitrogens with zero attached hydrogens (tertiary/aromatic N) is 1. The van der Waals surface area contributed by atoms with Gasteiger partial charge in [-0.15, -0.1) is 0 Å². The monoisotopic (exact) mass is 279 g/mol. The second-order valence-electron chi connectivity index (χ2n) is 6.25. The van der Waals surface area contributed by atoms with Crippen LogP contribution >= 0.6 is 15.9 Å². The summed E-state index contributed by atoms with van der Waals surface area (Å²) in [5.74, 6) is 2.88. The number of allylic oxidation sites excluding steroid dienone is 2. The fraction of sp³-hybridized carbons (Fsp3) is 0.786. The van der Waals surface area contributed by atoms with Crippen LogP contribution in [0, 0.1) is 34.5 Å². The van der Waals surface area contributed by atoms with E-state index < -0.39 is 0 Å². The molecule has 0 saturated heterocycles. The van der Waals surface area contributed by atoms with Crippen LogP contribution in [0.5, 0.6) is 0 Å². The van der Waals surface area contributed by atoms with Crippen LogP contribution in [-0.2, 0) is 0 Å². The summed E-state index contributed by atoms with van der Waals surface area (Å²) >= 11 is 3.45. The van der Waals surface area contributed by atoms with E-state index in [2.05, 4.69) is 28.9 Å². The van der Waals surface area contributed by atoms with E-state index in [1.807, 2.05) is 0 Å². The van der Waals surface area contributed by atoms with Crippen molar-refractivity contribution in [3.8, 4) is 6.07 Å². The van der Waals surface area contributed by atoms with Crippen molar-refractivity contribution in [1.82, 2.24) is 0 Å². The third-order valence-corrected chi connectivity index (χ3v) is 6.03. The van der Waals surface area contributed by atoms with Crippen molar-refractivity contribution in [3.63, 3.8) is 0 Å². The van der Waals surface area contributed by atoms with E-state index in [0.29, 0.717) is 5.41 Å². The van der Waals surface area contributed by atoms with E-state index in [-0.39, 0.29) is 0 Å². The normalized spacial score (nSPS) is 46.4. The van der Waals surface area contributed by atoms with Crippen LogP contribution in [0.2, 0.25) is 0 Å². The molecule has 16 heavy (non-hydrogen) atoms. The summed E-state index contributed by atoms with van der Waals surface area (Å²) in [5.41, 5.74) is 1.73. The Kier molecular flexibility index (Phi) is 2.44. The van der Waals surface area contributed by atoms with Gasteiger partial charge in [0.15, 0.2) is 0 Å². The van der Waals surface area contributed by atoms with Crippen molar-refractivity contribution >= 4 is 15.9 Å². The van der Waals surface area contributed by atoms with Gasteiger partial charge in [-0.3, -0.25) is 0 Å². The summed E-state index contributed by atoms with van der Waals surface area (Å²) < 4.78 is 0.800. The molecule has 0 heterocycles. The molecule has 0 aromatic rings. The lowest BCUT2D eigenvalue weighted by Crippen LogP contribution is -2.46. The van der Waals surface area contributed by atoms with Gasteiger partial charge < -0.3 is 0 Å². The smallest absolute Gasteiger partial charge is 0.107 e. The Balaban J connectivity index is 1.98. The number of nitriles is 1. The van der Waals surface area contributed by atoms with Gasteiger partial charge in [0, 0.05) is 0 Å². The highest BCUT2D eigenvalue weighted by Gasteiger charge is 2.51. The molecule has 0 aromatic carbocycles. The Morgan fingerprint density at radius 1 is 1.12 bits per heavy atom. The molecule has 0 N–H and O–H groups in total. The molecular formula is C14H18BrN. The average molecular weight is 280 g/mol. The molecule has 0 atom stereocenters. The molecule has 4 saturated carbocycles. The maximum absolute atomic E-state index is 9.05. The van der Waals surface area contributed by atoms with Crippen LogP contribution in [-0.4, -0.2) is 0 Å². The molecule has 4 fully saturated rings. The molecule has 0 aliphatic heterocycles. The molecule has 4 aliphatic carbocycles. The van der Waals surface area contributed by atoms with Gasteiger partial charge in [0.25, 0.3) is 0 Å². The van der Waals surface area contributed by atoms with Crippen LogP contribution in [0.15, 0.2) is 10.1 Å². The summed E-state index contributed by atoms with van der Waals surface area (Å²) in [6, 6.07) is 2.29. The zero-order chi connectivity index (χ0) is 11.3. The molecule has 4 bridgehead atoms. The molecule has 4 aliphatic rings. The van der Waals surface area contributed by atoms with Gasteiger partial charge in [-0.2, -0.15) is 5.26 Å². The minimum atomic E-state index is 0.392. The summed E-state index contributed by atoms with van der Waals surface area (Å²) in [6.07, 6.45) is 8.45. The van der Waals surface area contributed by atoms with E-state index in [1.165, 1.54) is 44.1 Å². The Bertz CT molecular complexity index is 353. The molecule has 4 rings (SSSR count). The highest BCUT2D eigenvalue weighted by molar-refractivity contribution is 9.12. The molecule has 1 nitrogen and oxygen atoms in total. The first-order valence-corrected chi connectivity index (χ1v) is 7.19. The Morgan fingerprint density at radius 2 is 1.56 bits per heavy atom. The van der Waals surface area contributed by atoms with Crippen molar-refractivity contribution in [2.45, 2.75) is 45.4 Å². The predicted octanol–water partition coefficient (Wildman–Crippen LogP) is 4.40. The second-order valence-corrected chi connectivity index (χ2v) is 7.04. The van der Waals surface area contributed by atoms with Crippen LogP contribution in [0.1, 0.15) is 45.4 Å². The lowest BCUT2D eigenvalue weighted by molar-refractivity contribution is -0.0304. The summed E-state index contributed by atoms with van der Waals surface area (Å²) in [4.78, 5) is 0. The molecule has 0 aromatic heterocycles. The van der Waals surface area contributed by atoms with E-state index in [1.54, 1.807) is 0 Å². The predicted molar refractivity (Wildman–Crippen MR) is 67.8 cm³/mol. The average Bonchev–Trinajstić information content (AvgIpc) is 2.25. The van der Waals surface area contributed by atoms with E-state index in [9.17, 15) is 0 Å². The first-order chi connectivity index (χ1) is 7.63. The topological polar surface area (TPSA) is 23.8 Å². The fourth-order valence-corrected chi connectivity index (χ4v) is 5.31. The highest BCUT2D eigenvalue weighted by Crippen LogP contribution is 2.63. The van der Waals surface area contributed by atoms with Gasteiger partial charge in [-0.1, -0.05) is 0 Å². The fourth-order valence-electron chi connectivity index (χ4n) is 4.89. The van der Waals surface area contributed by atoms with Crippen molar-refractivity contribution in [1.29, 1.82) is 5.26 Å². The maximum Gasteiger partial charge on any atom is 0.107 e. The van der Waals surface area contributed by atoms with Crippen molar-refractivity contribution in [2.24, 2.45) is 23.2 Å². The molecule has 0 unspecified atom stereocenters. The first-order valence-electron chi connectivity index (χ1n) is 6.40. The Hall–Kier alpha value is -0.290. The van der Waals surface area contributed by atoms with Crippen LogP contribution in [0.4, 0.5) is 0 Å². The Labute approximate surface area is 106 Å². The number of hydrogen-bond acceptors (Lipinski definition) is 1. The summed E-state index contributed by atoms with van der Waals surface area (Å²) in [5, 5.41) is 9.05. The van der Waals surface area contributed by atoms with E-state index >= 15 is 0 Å². The van der Waals surface area contributed by atoms with Crippen molar-refractivity contribution in [2.75, 3.05) is 0 Å². The van der Waals surface area contributed by atoms with E-state index in [0.717, 1.165) is 22.2 Å². The molecule has 2 heteroatoms. The van der Waals surface area contributed by atoms with E-state index in [4.69, 9.17) is 5.26 Å². The zero-order valence-corrected chi connectivity index (χ0v) is 11.4. The minimum Gasteiger partial charge on any atom is -0.192 e. The number of halogens is 1. The third kappa shape index (κ3) is 1.48. The molecular weight excluding hydrogens is 262 g/mol. The molecule has 0 spiro atoms. The molecule has 86 valence electrons.